The van der Waals surface area contributed by atoms with Gasteiger partial charge >= 0.3 is 6.09 Å². The first-order valence-corrected chi connectivity index (χ1v) is 7.66. The van der Waals surface area contributed by atoms with Crippen LogP contribution in [0, 0.1) is 0 Å². The Morgan fingerprint density at radius 3 is 2.43 bits per heavy atom. The van der Waals surface area contributed by atoms with Crippen molar-refractivity contribution in [3.8, 4) is 5.75 Å². The number of phenols is 1. The zero-order valence-electron chi connectivity index (χ0n) is 13.7. The predicted octanol–water partition coefficient (Wildman–Crippen LogP) is 4.20. The fourth-order valence-electron chi connectivity index (χ4n) is 2.31. The van der Waals surface area contributed by atoms with Crippen LogP contribution >= 0.6 is 0 Å². The highest BCUT2D eigenvalue weighted by Crippen LogP contribution is 2.21. The molecule has 4 heteroatoms. The molecule has 0 spiro atoms. The van der Waals surface area contributed by atoms with Crippen LogP contribution in [0.15, 0.2) is 54.6 Å². The summed E-state index contributed by atoms with van der Waals surface area (Å²) in [6.07, 6.45) is 0.115. The van der Waals surface area contributed by atoms with Gasteiger partial charge in [-0.2, -0.15) is 0 Å². The van der Waals surface area contributed by atoms with E-state index in [-0.39, 0.29) is 11.8 Å². The van der Waals surface area contributed by atoms with E-state index in [0.717, 1.165) is 11.1 Å². The second kappa shape index (κ2) is 7.18. The average Bonchev–Trinajstić information content (AvgIpc) is 2.45. The van der Waals surface area contributed by atoms with E-state index in [2.05, 4.69) is 5.32 Å². The Hall–Kier alpha value is -2.49. The maximum atomic E-state index is 12.1. The van der Waals surface area contributed by atoms with Gasteiger partial charge in [-0.3, -0.25) is 0 Å². The van der Waals surface area contributed by atoms with Gasteiger partial charge in [-0.1, -0.05) is 42.5 Å². The first-order valence-electron chi connectivity index (χ1n) is 7.66. The Kier molecular flexibility index (Phi) is 5.27. The summed E-state index contributed by atoms with van der Waals surface area (Å²) >= 11 is 0. The average molecular weight is 313 g/mol. The quantitative estimate of drug-likeness (QED) is 0.889. The number of alkyl carbamates (subject to hydrolysis) is 1. The van der Waals surface area contributed by atoms with Gasteiger partial charge in [0.05, 0.1) is 6.04 Å². The maximum Gasteiger partial charge on any atom is 0.408 e. The molecule has 2 N–H and O–H groups in total. The summed E-state index contributed by atoms with van der Waals surface area (Å²) in [6, 6.07) is 16.5. The summed E-state index contributed by atoms with van der Waals surface area (Å²) in [5, 5.41) is 12.5. The smallest absolute Gasteiger partial charge is 0.408 e. The summed E-state index contributed by atoms with van der Waals surface area (Å²) in [7, 11) is 0. The third kappa shape index (κ3) is 5.66. The number of amides is 1. The molecule has 0 aliphatic carbocycles. The Morgan fingerprint density at radius 1 is 1.13 bits per heavy atom. The Balaban J connectivity index is 2.17. The number of nitrogens with one attached hydrogen (secondary N) is 1. The number of benzene rings is 2. The SMILES string of the molecule is CC(C)(C)OC(=O)NC(Cc1cccc(O)c1)c1ccccc1. The Morgan fingerprint density at radius 2 is 1.83 bits per heavy atom. The lowest BCUT2D eigenvalue weighted by molar-refractivity contribution is 0.0503. The van der Waals surface area contributed by atoms with Crippen molar-refractivity contribution in [3.05, 3.63) is 65.7 Å². The highest BCUT2D eigenvalue weighted by Gasteiger charge is 2.20. The minimum absolute atomic E-state index is 0.214. The lowest BCUT2D eigenvalue weighted by Gasteiger charge is -2.24. The van der Waals surface area contributed by atoms with Crippen LogP contribution in [0.2, 0.25) is 0 Å². The van der Waals surface area contributed by atoms with Crippen LogP contribution in [-0.2, 0) is 11.2 Å². The molecule has 0 saturated heterocycles. The van der Waals surface area contributed by atoms with Crippen LogP contribution in [0.3, 0.4) is 0 Å². The molecule has 4 nitrogen and oxygen atoms in total. The fraction of sp³-hybridized carbons (Fsp3) is 0.316. The molecule has 122 valence electrons. The van der Waals surface area contributed by atoms with Crippen LogP contribution in [-0.4, -0.2) is 16.8 Å². The zero-order chi connectivity index (χ0) is 16.9. The second-order valence-electron chi connectivity index (χ2n) is 6.48. The molecule has 2 rings (SSSR count). The Bertz CT molecular complexity index is 647. The van der Waals surface area contributed by atoms with Crippen LogP contribution in [0.5, 0.6) is 5.75 Å². The number of phenolic OH excluding ortho intramolecular Hbond substituents is 1. The maximum absolute atomic E-state index is 12.1. The number of aromatic hydroxyl groups is 1. The molecule has 0 aromatic heterocycles. The summed E-state index contributed by atoms with van der Waals surface area (Å²) < 4.78 is 5.35. The van der Waals surface area contributed by atoms with E-state index < -0.39 is 11.7 Å². The molecule has 1 unspecified atom stereocenters. The van der Waals surface area contributed by atoms with Gasteiger partial charge < -0.3 is 15.2 Å². The number of hydrogen-bond acceptors (Lipinski definition) is 3. The first-order chi connectivity index (χ1) is 10.8. The van der Waals surface area contributed by atoms with Crippen molar-refractivity contribution in [1.82, 2.24) is 5.32 Å². The van der Waals surface area contributed by atoms with Gasteiger partial charge in [0.15, 0.2) is 0 Å². The highest BCUT2D eigenvalue weighted by atomic mass is 16.6. The Labute approximate surface area is 137 Å². The third-order valence-corrected chi connectivity index (χ3v) is 3.24. The van der Waals surface area contributed by atoms with Crippen molar-refractivity contribution in [2.24, 2.45) is 0 Å². The van der Waals surface area contributed by atoms with Crippen molar-refractivity contribution >= 4 is 6.09 Å². The number of ether oxygens (including phenoxy) is 1. The number of carbonyl (C=O) groups is 1. The molecule has 0 aliphatic heterocycles. The van der Waals surface area contributed by atoms with Crippen molar-refractivity contribution in [2.45, 2.75) is 38.8 Å². The van der Waals surface area contributed by atoms with Crippen LogP contribution in [0.25, 0.3) is 0 Å². The molecule has 2 aromatic carbocycles. The first kappa shape index (κ1) is 16.9. The molecule has 1 amide bonds. The standard InChI is InChI=1S/C19H23NO3/c1-19(2,3)23-18(22)20-17(15-9-5-4-6-10-15)13-14-8-7-11-16(21)12-14/h4-12,17,21H,13H2,1-3H3,(H,20,22). The molecule has 23 heavy (non-hydrogen) atoms. The van der Waals surface area contributed by atoms with Gasteiger partial charge in [0.2, 0.25) is 0 Å². The molecule has 0 radical (unpaired) electrons. The molecule has 2 aromatic rings. The summed E-state index contributed by atoms with van der Waals surface area (Å²) in [4.78, 5) is 12.1. The molecule has 1 atom stereocenters. The van der Waals surface area contributed by atoms with Gasteiger partial charge in [-0.15, -0.1) is 0 Å². The molecule has 0 bridgehead atoms. The van der Waals surface area contributed by atoms with Crippen molar-refractivity contribution < 1.29 is 14.6 Å². The molecule has 0 saturated carbocycles. The number of rotatable bonds is 4. The third-order valence-electron chi connectivity index (χ3n) is 3.24. The van der Waals surface area contributed by atoms with Crippen LogP contribution < -0.4 is 5.32 Å². The molecular formula is C19H23NO3. The number of carbonyl (C=O) groups excluding carboxylic acids is 1. The normalized spacial score (nSPS) is 12.5. The van der Waals surface area contributed by atoms with Crippen molar-refractivity contribution in [1.29, 1.82) is 0 Å². The van der Waals surface area contributed by atoms with E-state index in [9.17, 15) is 9.90 Å². The summed E-state index contributed by atoms with van der Waals surface area (Å²) in [5.74, 6) is 0.214. The largest absolute Gasteiger partial charge is 0.508 e. The zero-order valence-corrected chi connectivity index (χ0v) is 13.7. The van der Waals surface area contributed by atoms with Gasteiger partial charge in [-0.05, 0) is 50.5 Å². The van der Waals surface area contributed by atoms with Crippen molar-refractivity contribution in [2.75, 3.05) is 0 Å². The molecule has 0 aliphatic rings. The van der Waals surface area contributed by atoms with E-state index in [1.165, 1.54) is 0 Å². The van der Waals surface area contributed by atoms with Gasteiger partial charge in [0.1, 0.15) is 11.4 Å². The molecule has 0 heterocycles. The van der Waals surface area contributed by atoms with E-state index in [1.54, 1.807) is 18.2 Å². The van der Waals surface area contributed by atoms with Gasteiger partial charge in [0.25, 0.3) is 0 Å². The van der Waals surface area contributed by atoms with E-state index >= 15 is 0 Å². The van der Waals surface area contributed by atoms with Crippen LogP contribution in [0.1, 0.15) is 37.9 Å². The second-order valence-corrected chi connectivity index (χ2v) is 6.48. The summed E-state index contributed by atoms with van der Waals surface area (Å²) in [6.45, 7) is 5.50. The molecule has 0 fully saturated rings. The monoisotopic (exact) mass is 313 g/mol. The van der Waals surface area contributed by atoms with Gasteiger partial charge in [-0.25, -0.2) is 4.79 Å². The molecular weight excluding hydrogens is 290 g/mol. The van der Waals surface area contributed by atoms with Gasteiger partial charge in [0, 0.05) is 0 Å². The van der Waals surface area contributed by atoms with E-state index in [4.69, 9.17) is 4.74 Å². The predicted molar refractivity (Wildman–Crippen MR) is 90.4 cm³/mol. The lowest BCUT2D eigenvalue weighted by atomic mass is 9.99. The number of hydrogen-bond donors (Lipinski definition) is 2. The highest BCUT2D eigenvalue weighted by molar-refractivity contribution is 5.68. The summed E-state index contributed by atoms with van der Waals surface area (Å²) in [5.41, 5.74) is 1.38. The fourth-order valence-corrected chi connectivity index (χ4v) is 2.31. The lowest BCUT2D eigenvalue weighted by Crippen LogP contribution is -2.35. The van der Waals surface area contributed by atoms with E-state index in [1.807, 2.05) is 57.2 Å². The van der Waals surface area contributed by atoms with Crippen LogP contribution in [0.4, 0.5) is 4.79 Å². The van der Waals surface area contributed by atoms with E-state index in [0.29, 0.717) is 6.42 Å². The minimum Gasteiger partial charge on any atom is -0.508 e. The topological polar surface area (TPSA) is 58.6 Å². The minimum atomic E-state index is -0.545. The van der Waals surface area contributed by atoms with Crippen molar-refractivity contribution in [3.63, 3.8) is 0 Å².